The van der Waals surface area contributed by atoms with Gasteiger partial charge in [-0.05, 0) is 25.3 Å². The fraction of sp³-hybridized carbons (Fsp3) is 0.417. The van der Waals surface area contributed by atoms with Gasteiger partial charge >= 0.3 is 0 Å². The second kappa shape index (κ2) is 7.01. The van der Waals surface area contributed by atoms with Crippen LogP contribution in [0.25, 0.3) is 0 Å². The van der Waals surface area contributed by atoms with Gasteiger partial charge in [0.15, 0.2) is 6.29 Å². The standard InChI is InChI=1S/C12H16O3/c1-11(15-10-13)14-9-5-8-12-6-3-2-4-7-12/h2-4,6-7,10-11H,5,8-9H2,1H3. The molecule has 15 heavy (non-hydrogen) atoms. The van der Waals surface area contributed by atoms with Gasteiger partial charge in [0.1, 0.15) is 0 Å². The van der Waals surface area contributed by atoms with E-state index in [0.717, 1.165) is 12.8 Å². The number of benzene rings is 1. The Hall–Kier alpha value is -1.35. The monoisotopic (exact) mass is 208 g/mol. The summed E-state index contributed by atoms with van der Waals surface area (Å²) < 4.78 is 9.84. The molecule has 0 aliphatic rings. The molecular formula is C12H16O3. The molecule has 0 saturated carbocycles. The topological polar surface area (TPSA) is 35.5 Å². The average molecular weight is 208 g/mol. The van der Waals surface area contributed by atoms with Gasteiger partial charge in [0.05, 0.1) is 6.61 Å². The first-order chi connectivity index (χ1) is 7.33. The third kappa shape index (κ3) is 5.18. The van der Waals surface area contributed by atoms with Crippen molar-refractivity contribution < 1.29 is 14.3 Å². The fourth-order valence-corrected chi connectivity index (χ4v) is 1.29. The third-order valence-electron chi connectivity index (χ3n) is 2.05. The van der Waals surface area contributed by atoms with Gasteiger partial charge in [-0.15, -0.1) is 0 Å². The minimum atomic E-state index is -0.446. The Morgan fingerprint density at radius 2 is 2.07 bits per heavy atom. The molecule has 0 bridgehead atoms. The van der Waals surface area contributed by atoms with E-state index in [9.17, 15) is 4.79 Å². The zero-order valence-electron chi connectivity index (χ0n) is 8.89. The molecule has 1 rings (SSSR count). The molecule has 0 aliphatic heterocycles. The molecule has 1 aromatic carbocycles. The average Bonchev–Trinajstić information content (AvgIpc) is 2.26. The van der Waals surface area contributed by atoms with Gasteiger partial charge in [-0.2, -0.15) is 0 Å². The van der Waals surface area contributed by atoms with Crippen molar-refractivity contribution in [2.45, 2.75) is 26.1 Å². The summed E-state index contributed by atoms with van der Waals surface area (Å²) in [4.78, 5) is 9.97. The van der Waals surface area contributed by atoms with Crippen LogP contribution in [0.3, 0.4) is 0 Å². The largest absolute Gasteiger partial charge is 0.438 e. The van der Waals surface area contributed by atoms with Gasteiger partial charge in [-0.3, -0.25) is 4.79 Å². The molecule has 0 aliphatic carbocycles. The molecule has 82 valence electrons. The minimum absolute atomic E-state index is 0.405. The Kier molecular flexibility index (Phi) is 5.48. The van der Waals surface area contributed by atoms with Crippen molar-refractivity contribution in [2.24, 2.45) is 0 Å². The van der Waals surface area contributed by atoms with Gasteiger partial charge < -0.3 is 9.47 Å². The van der Waals surface area contributed by atoms with E-state index in [2.05, 4.69) is 16.9 Å². The number of hydrogen-bond donors (Lipinski definition) is 0. The molecule has 0 fully saturated rings. The Morgan fingerprint density at radius 1 is 1.33 bits per heavy atom. The van der Waals surface area contributed by atoms with E-state index < -0.39 is 6.29 Å². The molecule has 1 atom stereocenters. The van der Waals surface area contributed by atoms with Crippen molar-refractivity contribution in [2.75, 3.05) is 6.61 Å². The maximum atomic E-state index is 9.97. The Balaban J connectivity index is 2.09. The van der Waals surface area contributed by atoms with Crippen LogP contribution in [0.15, 0.2) is 30.3 Å². The van der Waals surface area contributed by atoms with E-state index in [1.165, 1.54) is 5.56 Å². The van der Waals surface area contributed by atoms with Gasteiger partial charge in [0.2, 0.25) is 0 Å². The predicted octanol–water partition coefficient (Wildman–Crippen LogP) is 2.15. The van der Waals surface area contributed by atoms with Crippen molar-refractivity contribution in [3.05, 3.63) is 35.9 Å². The molecule has 0 spiro atoms. The van der Waals surface area contributed by atoms with Crippen LogP contribution in [0, 0.1) is 0 Å². The van der Waals surface area contributed by atoms with Gasteiger partial charge in [0, 0.05) is 0 Å². The van der Waals surface area contributed by atoms with Crippen LogP contribution in [0.1, 0.15) is 18.9 Å². The molecule has 0 saturated heterocycles. The maximum Gasteiger partial charge on any atom is 0.295 e. The fourth-order valence-electron chi connectivity index (χ4n) is 1.29. The normalized spacial score (nSPS) is 12.1. The summed E-state index contributed by atoms with van der Waals surface area (Å²) in [5.41, 5.74) is 1.30. The molecule has 3 nitrogen and oxygen atoms in total. The van der Waals surface area contributed by atoms with Crippen LogP contribution in [-0.2, 0) is 20.7 Å². The number of rotatable bonds is 7. The second-order valence-electron chi connectivity index (χ2n) is 3.26. The Labute approximate surface area is 90.0 Å². The molecule has 0 aromatic heterocycles. The summed E-state index contributed by atoms with van der Waals surface area (Å²) in [5, 5.41) is 0. The van der Waals surface area contributed by atoms with Crippen molar-refractivity contribution in [1.29, 1.82) is 0 Å². The number of ether oxygens (including phenoxy) is 2. The maximum absolute atomic E-state index is 9.97. The number of carbonyl (C=O) groups excluding carboxylic acids is 1. The number of hydrogen-bond acceptors (Lipinski definition) is 3. The molecule has 1 aromatic rings. The van der Waals surface area contributed by atoms with Crippen molar-refractivity contribution in [1.82, 2.24) is 0 Å². The lowest BCUT2D eigenvalue weighted by Gasteiger charge is -2.10. The lowest BCUT2D eigenvalue weighted by atomic mass is 10.1. The summed E-state index contributed by atoms with van der Waals surface area (Å²) in [5.74, 6) is 0. The van der Waals surface area contributed by atoms with E-state index >= 15 is 0 Å². The summed E-state index contributed by atoms with van der Waals surface area (Å²) in [7, 11) is 0. The van der Waals surface area contributed by atoms with Crippen LogP contribution in [-0.4, -0.2) is 19.4 Å². The highest BCUT2D eigenvalue weighted by atomic mass is 16.7. The van der Waals surface area contributed by atoms with Crippen molar-refractivity contribution in [3.63, 3.8) is 0 Å². The smallest absolute Gasteiger partial charge is 0.295 e. The van der Waals surface area contributed by atoms with E-state index in [1.54, 1.807) is 6.92 Å². The van der Waals surface area contributed by atoms with Crippen molar-refractivity contribution in [3.8, 4) is 0 Å². The highest BCUT2D eigenvalue weighted by Crippen LogP contribution is 2.03. The lowest BCUT2D eigenvalue weighted by Crippen LogP contribution is -2.12. The van der Waals surface area contributed by atoms with Crippen molar-refractivity contribution >= 4 is 6.47 Å². The highest BCUT2D eigenvalue weighted by Gasteiger charge is 2.00. The van der Waals surface area contributed by atoms with Gasteiger partial charge in [-0.1, -0.05) is 30.3 Å². The van der Waals surface area contributed by atoms with Gasteiger partial charge in [-0.25, -0.2) is 0 Å². The predicted molar refractivity (Wildman–Crippen MR) is 57.3 cm³/mol. The van der Waals surface area contributed by atoms with E-state index in [0.29, 0.717) is 13.1 Å². The highest BCUT2D eigenvalue weighted by molar-refractivity contribution is 5.37. The second-order valence-corrected chi connectivity index (χ2v) is 3.26. The van der Waals surface area contributed by atoms with Crippen LogP contribution in [0.4, 0.5) is 0 Å². The summed E-state index contributed by atoms with van der Waals surface area (Å²) in [6.45, 7) is 2.71. The molecule has 0 N–H and O–H groups in total. The number of aryl methyl sites for hydroxylation is 1. The SMILES string of the molecule is CC(OC=O)OCCCc1ccccc1. The lowest BCUT2D eigenvalue weighted by molar-refractivity contribution is -0.159. The molecule has 0 heterocycles. The van der Waals surface area contributed by atoms with Crippen LogP contribution >= 0.6 is 0 Å². The third-order valence-corrected chi connectivity index (χ3v) is 2.05. The molecule has 3 heteroatoms. The molecule has 0 radical (unpaired) electrons. The molecular weight excluding hydrogens is 192 g/mol. The van der Waals surface area contributed by atoms with E-state index in [1.807, 2.05) is 18.2 Å². The van der Waals surface area contributed by atoms with Gasteiger partial charge in [0.25, 0.3) is 6.47 Å². The zero-order valence-corrected chi connectivity index (χ0v) is 8.89. The van der Waals surface area contributed by atoms with E-state index in [-0.39, 0.29) is 0 Å². The molecule has 0 amide bonds. The quantitative estimate of drug-likeness (QED) is 0.391. The first-order valence-electron chi connectivity index (χ1n) is 5.07. The minimum Gasteiger partial charge on any atom is -0.438 e. The first kappa shape index (κ1) is 11.7. The zero-order chi connectivity index (χ0) is 10.9. The Bertz CT molecular complexity index is 271. The summed E-state index contributed by atoms with van der Waals surface area (Å²) >= 11 is 0. The van der Waals surface area contributed by atoms with Crippen LogP contribution < -0.4 is 0 Å². The number of carbonyl (C=O) groups is 1. The van der Waals surface area contributed by atoms with Crippen LogP contribution in [0.5, 0.6) is 0 Å². The van der Waals surface area contributed by atoms with Crippen LogP contribution in [0.2, 0.25) is 0 Å². The molecule has 1 unspecified atom stereocenters. The first-order valence-corrected chi connectivity index (χ1v) is 5.07. The summed E-state index contributed by atoms with van der Waals surface area (Å²) in [6.07, 6.45) is 1.46. The van der Waals surface area contributed by atoms with E-state index in [4.69, 9.17) is 4.74 Å². The summed E-state index contributed by atoms with van der Waals surface area (Å²) in [6, 6.07) is 10.2. The Morgan fingerprint density at radius 3 is 2.73 bits per heavy atom.